The molecule has 2 aromatic heterocycles. The average molecular weight is 349 g/mol. The molecule has 0 aliphatic heterocycles. The molecular formula is C16H23N5O2S. The maximum atomic E-state index is 12.4. The van der Waals surface area contributed by atoms with Gasteiger partial charge in [0.05, 0.1) is 11.5 Å². The van der Waals surface area contributed by atoms with Crippen LogP contribution < -0.4 is 5.32 Å². The van der Waals surface area contributed by atoms with E-state index in [1.54, 1.807) is 10.9 Å². The second-order valence-corrected chi connectivity index (χ2v) is 7.46. The number of furan rings is 1. The molecule has 1 N–H and O–H groups in total. The number of nitrogens with one attached hydrogen (secondary N) is 1. The predicted molar refractivity (Wildman–Crippen MR) is 90.6 cm³/mol. The van der Waals surface area contributed by atoms with Crippen LogP contribution in [0, 0.1) is 0 Å². The summed E-state index contributed by atoms with van der Waals surface area (Å²) < 4.78 is 6.97. The lowest BCUT2D eigenvalue weighted by Crippen LogP contribution is -2.39. The minimum absolute atomic E-state index is 0.0550. The average Bonchev–Trinajstić information content (AvgIpc) is 3.16. The standard InChI is InChI=1S/C16H23N5O2S/c1-12(15(22)17-13-7-4-2-3-5-8-13)24-16-18-19-20-21(16)11-14-9-6-10-23-14/h6,9-10,12-13H,2-5,7-8,11H2,1H3,(H,17,22). The van der Waals surface area contributed by atoms with Crippen molar-refractivity contribution in [3.05, 3.63) is 24.2 Å². The van der Waals surface area contributed by atoms with Gasteiger partial charge in [-0.1, -0.05) is 37.4 Å². The summed E-state index contributed by atoms with van der Waals surface area (Å²) in [6.45, 7) is 2.35. The van der Waals surface area contributed by atoms with Crippen LogP contribution in [0.5, 0.6) is 0 Å². The molecule has 1 fully saturated rings. The first-order valence-electron chi connectivity index (χ1n) is 8.48. The summed E-state index contributed by atoms with van der Waals surface area (Å²) >= 11 is 1.37. The molecule has 24 heavy (non-hydrogen) atoms. The van der Waals surface area contributed by atoms with Crippen LogP contribution in [0.3, 0.4) is 0 Å². The Morgan fingerprint density at radius 3 is 2.92 bits per heavy atom. The first-order chi connectivity index (χ1) is 11.7. The van der Waals surface area contributed by atoms with Crippen molar-refractivity contribution in [3.63, 3.8) is 0 Å². The molecule has 2 aromatic rings. The van der Waals surface area contributed by atoms with Gasteiger partial charge in [0.1, 0.15) is 12.3 Å². The molecule has 3 rings (SSSR count). The van der Waals surface area contributed by atoms with Gasteiger partial charge in [0.2, 0.25) is 11.1 Å². The van der Waals surface area contributed by atoms with E-state index in [0.717, 1.165) is 18.6 Å². The van der Waals surface area contributed by atoms with Crippen LogP contribution in [0.15, 0.2) is 28.0 Å². The molecule has 2 heterocycles. The summed E-state index contributed by atoms with van der Waals surface area (Å²) in [5.41, 5.74) is 0. The third-order valence-corrected chi connectivity index (χ3v) is 5.31. The van der Waals surface area contributed by atoms with Crippen molar-refractivity contribution in [2.75, 3.05) is 0 Å². The van der Waals surface area contributed by atoms with Gasteiger partial charge in [-0.2, -0.15) is 0 Å². The zero-order valence-electron chi connectivity index (χ0n) is 13.9. The van der Waals surface area contributed by atoms with E-state index >= 15 is 0 Å². The summed E-state index contributed by atoms with van der Waals surface area (Å²) in [6, 6.07) is 4.01. The van der Waals surface area contributed by atoms with Gasteiger partial charge in [0, 0.05) is 6.04 Å². The molecule has 8 heteroatoms. The summed E-state index contributed by atoms with van der Waals surface area (Å²) in [5.74, 6) is 0.833. The van der Waals surface area contributed by atoms with E-state index in [1.807, 2.05) is 19.1 Å². The number of carbonyl (C=O) groups excluding carboxylic acids is 1. The summed E-state index contributed by atoms with van der Waals surface area (Å²) in [5, 5.41) is 15.3. The number of tetrazole rings is 1. The maximum Gasteiger partial charge on any atom is 0.233 e. The summed E-state index contributed by atoms with van der Waals surface area (Å²) in [4.78, 5) is 12.4. The van der Waals surface area contributed by atoms with Gasteiger partial charge < -0.3 is 9.73 Å². The zero-order chi connectivity index (χ0) is 16.8. The number of rotatable bonds is 6. The summed E-state index contributed by atoms with van der Waals surface area (Å²) in [6.07, 6.45) is 8.74. The molecule has 7 nitrogen and oxygen atoms in total. The number of hydrogen-bond donors (Lipinski definition) is 1. The van der Waals surface area contributed by atoms with Gasteiger partial charge in [-0.25, -0.2) is 4.68 Å². The lowest BCUT2D eigenvalue weighted by atomic mass is 10.1. The minimum atomic E-state index is -0.241. The van der Waals surface area contributed by atoms with Crippen LogP contribution in [-0.4, -0.2) is 37.4 Å². The lowest BCUT2D eigenvalue weighted by Gasteiger charge is -2.18. The highest BCUT2D eigenvalue weighted by molar-refractivity contribution is 8.00. The Hall–Kier alpha value is -1.83. The van der Waals surface area contributed by atoms with E-state index < -0.39 is 0 Å². The largest absolute Gasteiger partial charge is 0.467 e. The van der Waals surface area contributed by atoms with Crippen molar-refractivity contribution in [1.29, 1.82) is 0 Å². The van der Waals surface area contributed by atoms with E-state index in [9.17, 15) is 4.79 Å². The van der Waals surface area contributed by atoms with Crippen molar-refractivity contribution in [3.8, 4) is 0 Å². The molecule has 1 aliphatic rings. The predicted octanol–water partition coefficient (Wildman–Crippen LogP) is 2.63. The number of amides is 1. The number of aromatic nitrogens is 4. The van der Waals surface area contributed by atoms with E-state index in [0.29, 0.717) is 17.7 Å². The molecule has 1 aliphatic carbocycles. The molecule has 1 amide bonds. The fourth-order valence-corrected chi connectivity index (χ4v) is 3.68. The van der Waals surface area contributed by atoms with E-state index in [-0.39, 0.29) is 11.2 Å². The Morgan fingerprint density at radius 2 is 2.21 bits per heavy atom. The van der Waals surface area contributed by atoms with Crippen LogP contribution in [0.1, 0.15) is 51.2 Å². The van der Waals surface area contributed by atoms with Gasteiger partial charge in [-0.15, -0.1) is 5.10 Å². The highest BCUT2D eigenvalue weighted by Crippen LogP contribution is 2.22. The molecule has 1 saturated carbocycles. The molecule has 0 spiro atoms. The Kier molecular flexibility index (Phi) is 5.90. The molecule has 0 bridgehead atoms. The van der Waals surface area contributed by atoms with E-state index in [2.05, 4.69) is 20.8 Å². The zero-order valence-corrected chi connectivity index (χ0v) is 14.7. The van der Waals surface area contributed by atoms with Crippen molar-refractivity contribution in [2.45, 2.75) is 68.4 Å². The number of nitrogens with zero attached hydrogens (tertiary/aromatic N) is 4. The van der Waals surface area contributed by atoms with Gasteiger partial charge in [0.15, 0.2) is 0 Å². The topological polar surface area (TPSA) is 85.8 Å². The highest BCUT2D eigenvalue weighted by Gasteiger charge is 2.22. The number of carbonyl (C=O) groups is 1. The van der Waals surface area contributed by atoms with Gasteiger partial charge >= 0.3 is 0 Å². The third kappa shape index (κ3) is 4.59. The van der Waals surface area contributed by atoms with E-state index in [1.165, 1.54) is 37.4 Å². The first-order valence-corrected chi connectivity index (χ1v) is 9.36. The molecule has 0 aromatic carbocycles. The Bertz CT molecular complexity index is 635. The molecular weight excluding hydrogens is 326 g/mol. The smallest absolute Gasteiger partial charge is 0.233 e. The Morgan fingerprint density at radius 1 is 1.42 bits per heavy atom. The van der Waals surface area contributed by atoms with Gasteiger partial charge in [-0.3, -0.25) is 4.79 Å². The number of hydrogen-bond acceptors (Lipinski definition) is 6. The normalized spacial score (nSPS) is 17.4. The van der Waals surface area contributed by atoms with Crippen LogP contribution in [0.2, 0.25) is 0 Å². The second-order valence-electron chi connectivity index (χ2n) is 6.16. The Balaban J connectivity index is 1.55. The van der Waals surface area contributed by atoms with Gasteiger partial charge in [0.25, 0.3) is 0 Å². The Labute approximate surface area is 145 Å². The fraction of sp³-hybridized carbons (Fsp3) is 0.625. The lowest BCUT2D eigenvalue weighted by molar-refractivity contribution is -0.121. The van der Waals surface area contributed by atoms with Crippen LogP contribution in [0.4, 0.5) is 0 Å². The number of thioether (sulfide) groups is 1. The highest BCUT2D eigenvalue weighted by atomic mass is 32.2. The summed E-state index contributed by atoms with van der Waals surface area (Å²) in [7, 11) is 0. The molecule has 1 unspecified atom stereocenters. The molecule has 130 valence electrons. The monoisotopic (exact) mass is 349 g/mol. The van der Waals surface area contributed by atoms with Crippen LogP contribution in [-0.2, 0) is 11.3 Å². The minimum Gasteiger partial charge on any atom is -0.467 e. The van der Waals surface area contributed by atoms with Crippen LogP contribution in [0.25, 0.3) is 0 Å². The van der Waals surface area contributed by atoms with Crippen molar-refractivity contribution in [2.24, 2.45) is 0 Å². The van der Waals surface area contributed by atoms with E-state index in [4.69, 9.17) is 4.42 Å². The molecule has 0 radical (unpaired) electrons. The van der Waals surface area contributed by atoms with Crippen molar-refractivity contribution in [1.82, 2.24) is 25.5 Å². The second kappa shape index (κ2) is 8.32. The maximum absolute atomic E-state index is 12.4. The van der Waals surface area contributed by atoms with Crippen LogP contribution >= 0.6 is 11.8 Å². The SMILES string of the molecule is CC(Sc1nnnn1Cc1ccco1)C(=O)NC1CCCCCC1. The first kappa shape index (κ1) is 17.0. The van der Waals surface area contributed by atoms with Crippen molar-refractivity contribution < 1.29 is 9.21 Å². The van der Waals surface area contributed by atoms with Gasteiger partial charge in [-0.05, 0) is 42.3 Å². The third-order valence-electron chi connectivity index (χ3n) is 4.24. The van der Waals surface area contributed by atoms with Crippen molar-refractivity contribution >= 4 is 17.7 Å². The fourth-order valence-electron chi connectivity index (χ4n) is 2.88. The quantitative estimate of drug-likeness (QED) is 0.637. The molecule has 1 atom stereocenters. The molecule has 0 saturated heterocycles.